The summed E-state index contributed by atoms with van der Waals surface area (Å²) >= 11 is 0. The van der Waals surface area contributed by atoms with Crippen molar-refractivity contribution < 1.29 is 14.3 Å². The van der Waals surface area contributed by atoms with E-state index in [4.69, 9.17) is 14.5 Å². The molecule has 1 aliphatic heterocycles. The number of rotatable bonds is 7. The smallest absolute Gasteiger partial charge is 0.219 e. The number of ether oxygens (including phenoxy) is 2. The van der Waals surface area contributed by atoms with Crippen molar-refractivity contribution in [2.75, 3.05) is 39.8 Å². The Kier molecular flexibility index (Phi) is 8.15. The topological polar surface area (TPSA) is 66.4 Å². The van der Waals surface area contributed by atoms with Crippen LogP contribution in [0.2, 0.25) is 0 Å². The predicted molar refractivity (Wildman–Crippen MR) is 122 cm³/mol. The van der Waals surface area contributed by atoms with Crippen molar-refractivity contribution in [3.05, 3.63) is 59.7 Å². The Balaban J connectivity index is 1.64. The Hall–Kier alpha value is -3.22. The lowest BCUT2D eigenvalue weighted by Crippen LogP contribution is -2.53. The van der Waals surface area contributed by atoms with Gasteiger partial charge in [0.1, 0.15) is 6.61 Å². The minimum absolute atomic E-state index is 0.128. The van der Waals surface area contributed by atoms with Crippen LogP contribution in [0.15, 0.2) is 53.5 Å². The Bertz CT molecular complexity index is 878. The highest BCUT2D eigenvalue weighted by Gasteiger charge is 2.20. The first-order valence-electron chi connectivity index (χ1n) is 10.7. The van der Waals surface area contributed by atoms with E-state index in [1.54, 1.807) is 14.0 Å². The van der Waals surface area contributed by atoms with Crippen LogP contribution in [0.1, 0.15) is 25.0 Å². The third-order valence-corrected chi connectivity index (χ3v) is 5.24. The average Bonchev–Trinajstić information content (AvgIpc) is 2.81. The van der Waals surface area contributed by atoms with E-state index in [1.807, 2.05) is 53.4 Å². The van der Waals surface area contributed by atoms with E-state index in [2.05, 4.69) is 17.1 Å². The highest BCUT2D eigenvalue weighted by atomic mass is 16.5. The SMILES string of the molecule is CCNC(=NCc1ccc(OCc2ccccc2)c(OC)c1)N1CCN(C(C)=O)CC1. The predicted octanol–water partition coefficient (Wildman–Crippen LogP) is 2.90. The molecular weight excluding hydrogens is 392 g/mol. The normalized spacial score (nSPS) is 14.4. The van der Waals surface area contributed by atoms with Crippen molar-refractivity contribution >= 4 is 11.9 Å². The highest BCUT2D eigenvalue weighted by Crippen LogP contribution is 2.29. The average molecular weight is 425 g/mol. The lowest BCUT2D eigenvalue weighted by molar-refractivity contribution is -0.130. The number of guanidine groups is 1. The van der Waals surface area contributed by atoms with Gasteiger partial charge < -0.3 is 24.6 Å². The fourth-order valence-electron chi connectivity index (χ4n) is 3.49. The number of benzene rings is 2. The van der Waals surface area contributed by atoms with E-state index in [1.165, 1.54) is 0 Å². The number of hydrogen-bond acceptors (Lipinski definition) is 4. The van der Waals surface area contributed by atoms with E-state index in [-0.39, 0.29) is 5.91 Å². The van der Waals surface area contributed by atoms with Crippen molar-refractivity contribution in [1.29, 1.82) is 0 Å². The van der Waals surface area contributed by atoms with E-state index >= 15 is 0 Å². The van der Waals surface area contributed by atoms with Crippen LogP contribution in [0.3, 0.4) is 0 Å². The van der Waals surface area contributed by atoms with Gasteiger partial charge in [-0.3, -0.25) is 4.79 Å². The summed E-state index contributed by atoms with van der Waals surface area (Å²) in [5.74, 6) is 2.41. The third kappa shape index (κ3) is 6.38. The molecule has 7 nitrogen and oxygen atoms in total. The van der Waals surface area contributed by atoms with Gasteiger partial charge in [-0.25, -0.2) is 4.99 Å². The molecule has 0 saturated carbocycles. The molecule has 3 rings (SSSR count). The van der Waals surface area contributed by atoms with Gasteiger partial charge >= 0.3 is 0 Å². The fourth-order valence-corrected chi connectivity index (χ4v) is 3.49. The number of carbonyl (C=O) groups excluding carboxylic acids is 1. The molecule has 1 amide bonds. The lowest BCUT2D eigenvalue weighted by atomic mass is 10.2. The molecule has 2 aromatic carbocycles. The maximum atomic E-state index is 11.6. The number of piperazine rings is 1. The summed E-state index contributed by atoms with van der Waals surface area (Å²) in [6.45, 7) is 8.50. The summed E-state index contributed by atoms with van der Waals surface area (Å²) in [5.41, 5.74) is 2.15. The monoisotopic (exact) mass is 424 g/mol. The maximum absolute atomic E-state index is 11.6. The lowest BCUT2D eigenvalue weighted by Gasteiger charge is -2.36. The van der Waals surface area contributed by atoms with Crippen molar-refractivity contribution in [2.24, 2.45) is 4.99 Å². The molecule has 1 aliphatic rings. The zero-order chi connectivity index (χ0) is 22.1. The van der Waals surface area contributed by atoms with E-state index in [9.17, 15) is 4.79 Å². The molecule has 1 saturated heterocycles. The van der Waals surface area contributed by atoms with Crippen LogP contribution in [0, 0.1) is 0 Å². The van der Waals surface area contributed by atoms with Gasteiger partial charge in [-0.05, 0) is 30.2 Å². The van der Waals surface area contributed by atoms with Crippen molar-refractivity contribution in [3.8, 4) is 11.5 Å². The highest BCUT2D eigenvalue weighted by molar-refractivity contribution is 5.80. The minimum Gasteiger partial charge on any atom is -0.493 e. The van der Waals surface area contributed by atoms with Gasteiger partial charge in [0, 0.05) is 39.6 Å². The van der Waals surface area contributed by atoms with Gasteiger partial charge in [-0.1, -0.05) is 36.4 Å². The van der Waals surface area contributed by atoms with Crippen LogP contribution in [0.25, 0.3) is 0 Å². The summed E-state index contributed by atoms with van der Waals surface area (Å²) in [6.07, 6.45) is 0. The second-order valence-corrected chi connectivity index (χ2v) is 7.42. The summed E-state index contributed by atoms with van der Waals surface area (Å²) < 4.78 is 11.5. The van der Waals surface area contributed by atoms with E-state index in [0.717, 1.165) is 49.8 Å². The molecule has 0 aromatic heterocycles. The summed E-state index contributed by atoms with van der Waals surface area (Å²) in [4.78, 5) is 20.5. The van der Waals surface area contributed by atoms with Gasteiger partial charge in [0.05, 0.1) is 13.7 Å². The number of amides is 1. The van der Waals surface area contributed by atoms with Gasteiger partial charge in [0.2, 0.25) is 5.91 Å². The molecule has 0 radical (unpaired) electrons. The molecule has 0 spiro atoms. The van der Waals surface area contributed by atoms with Gasteiger partial charge in [0.25, 0.3) is 0 Å². The minimum atomic E-state index is 0.128. The Labute approximate surface area is 184 Å². The van der Waals surface area contributed by atoms with E-state index in [0.29, 0.717) is 24.7 Å². The number of carbonyl (C=O) groups is 1. The standard InChI is InChI=1S/C24H32N4O3/c1-4-25-24(28-14-12-27(13-15-28)19(2)29)26-17-21-10-11-22(23(16-21)30-3)31-18-20-8-6-5-7-9-20/h5-11,16H,4,12-15,17-18H2,1-3H3,(H,25,26). The summed E-state index contributed by atoms with van der Waals surface area (Å²) in [5, 5.41) is 3.36. The second kappa shape index (κ2) is 11.2. The number of methoxy groups -OCH3 is 1. The zero-order valence-electron chi connectivity index (χ0n) is 18.6. The second-order valence-electron chi connectivity index (χ2n) is 7.42. The molecule has 2 aromatic rings. The molecule has 0 bridgehead atoms. The van der Waals surface area contributed by atoms with Crippen molar-refractivity contribution in [1.82, 2.24) is 15.1 Å². The molecule has 7 heteroatoms. The van der Waals surface area contributed by atoms with Crippen LogP contribution in [0.4, 0.5) is 0 Å². The molecule has 166 valence electrons. The van der Waals surface area contributed by atoms with Crippen LogP contribution in [-0.4, -0.2) is 61.5 Å². The quantitative estimate of drug-likeness (QED) is 0.547. The molecule has 0 unspecified atom stereocenters. The molecule has 1 N–H and O–H groups in total. The number of nitrogens with one attached hydrogen (secondary N) is 1. The maximum Gasteiger partial charge on any atom is 0.219 e. The van der Waals surface area contributed by atoms with Gasteiger partial charge in [-0.15, -0.1) is 0 Å². The summed E-state index contributed by atoms with van der Waals surface area (Å²) in [6, 6.07) is 16.0. The van der Waals surface area contributed by atoms with Crippen LogP contribution < -0.4 is 14.8 Å². The van der Waals surface area contributed by atoms with Gasteiger partial charge in [0.15, 0.2) is 17.5 Å². The number of aliphatic imine (C=N–C) groups is 1. The molecule has 1 heterocycles. The Morgan fingerprint density at radius 2 is 1.71 bits per heavy atom. The largest absolute Gasteiger partial charge is 0.493 e. The van der Waals surface area contributed by atoms with Crippen molar-refractivity contribution in [3.63, 3.8) is 0 Å². The molecule has 0 aliphatic carbocycles. The summed E-state index contributed by atoms with van der Waals surface area (Å²) in [7, 11) is 1.65. The first-order chi connectivity index (χ1) is 15.1. The van der Waals surface area contributed by atoms with Crippen molar-refractivity contribution in [2.45, 2.75) is 27.0 Å². The van der Waals surface area contributed by atoms with Crippen LogP contribution >= 0.6 is 0 Å². The fraction of sp³-hybridized carbons (Fsp3) is 0.417. The molecule has 0 atom stereocenters. The zero-order valence-corrected chi connectivity index (χ0v) is 18.6. The van der Waals surface area contributed by atoms with Gasteiger partial charge in [-0.2, -0.15) is 0 Å². The van der Waals surface area contributed by atoms with E-state index < -0.39 is 0 Å². The molecule has 1 fully saturated rings. The van der Waals surface area contributed by atoms with Crippen LogP contribution in [-0.2, 0) is 17.9 Å². The first kappa shape index (κ1) is 22.5. The Morgan fingerprint density at radius 1 is 1.00 bits per heavy atom. The first-order valence-corrected chi connectivity index (χ1v) is 10.7. The molecular formula is C24H32N4O3. The van der Waals surface area contributed by atoms with Crippen LogP contribution in [0.5, 0.6) is 11.5 Å². The number of nitrogens with zero attached hydrogens (tertiary/aromatic N) is 3. The molecule has 31 heavy (non-hydrogen) atoms. The number of hydrogen-bond donors (Lipinski definition) is 1. The third-order valence-electron chi connectivity index (χ3n) is 5.24. The Morgan fingerprint density at radius 3 is 2.35 bits per heavy atom.